The second kappa shape index (κ2) is 26.5. The first-order valence-corrected chi connectivity index (χ1v) is 24.8. The Labute approximate surface area is 458 Å². The molecule has 0 radical (unpaired) electrons. The molecule has 0 saturated heterocycles. The molecule has 4 aromatic carbocycles. The molecular formula is C58H56N10O12. The third-order valence-electron chi connectivity index (χ3n) is 11.9. The van der Waals surface area contributed by atoms with Crippen molar-refractivity contribution in [1.82, 2.24) is 40.5 Å². The van der Waals surface area contributed by atoms with Crippen LogP contribution in [0.2, 0.25) is 0 Å². The van der Waals surface area contributed by atoms with Gasteiger partial charge < -0.3 is 59.9 Å². The summed E-state index contributed by atoms with van der Waals surface area (Å²) in [6.45, 7) is 7.57. The lowest BCUT2D eigenvalue weighted by Crippen LogP contribution is -2.48. The van der Waals surface area contributed by atoms with Gasteiger partial charge in [0.05, 0.1) is 23.4 Å². The Bertz CT molecular complexity index is 3350. The number of hydrogen-bond acceptors (Lipinski definition) is 20. The normalized spacial score (nSPS) is 12.8. The number of pyridine rings is 2. The summed E-state index contributed by atoms with van der Waals surface area (Å²) >= 11 is 0. The van der Waals surface area contributed by atoms with Crippen LogP contribution in [0.1, 0.15) is 33.6 Å². The summed E-state index contributed by atoms with van der Waals surface area (Å²) < 4.78 is 31.9. The van der Waals surface area contributed by atoms with Gasteiger partial charge >= 0.3 is 11.9 Å². The van der Waals surface area contributed by atoms with E-state index in [1.807, 2.05) is 125 Å². The van der Waals surface area contributed by atoms with E-state index < -0.39 is 48.5 Å². The number of anilines is 4. The number of ether oxygens (including phenoxy) is 6. The fourth-order valence-corrected chi connectivity index (χ4v) is 7.70. The largest absolute Gasteiger partial charge is 0.455 e. The summed E-state index contributed by atoms with van der Waals surface area (Å²) in [5.74, 6) is -1.33. The zero-order valence-corrected chi connectivity index (χ0v) is 44.2. The van der Waals surface area contributed by atoms with Gasteiger partial charge in [0.15, 0.2) is 12.2 Å². The first-order valence-electron chi connectivity index (χ1n) is 24.8. The fraction of sp³-hybridized carbons (Fsp3) is 0.207. The van der Waals surface area contributed by atoms with Gasteiger partial charge in [0, 0.05) is 60.8 Å². The summed E-state index contributed by atoms with van der Waals surface area (Å²) in [5, 5.41) is 34.2. The number of amides is 2. The molecule has 6 N–H and O–H groups in total. The van der Waals surface area contributed by atoms with Gasteiger partial charge in [-0.25, -0.2) is 29.5 Å². The number of aliphatic hydroxyl groups is 2. The van der Waals surface area contributed by atoms with Gasteiger partial charge in [0.25, 0.3) is 24.4 Å². The number of aryl methyl sites for hydroxylation is 4. The highest BCUT2D eigenvalue weighted by Gasteiger charge is 2.37. The molecule has 0 aliphatic carbocycles. The van der Waals surface area contributed by atoms with Crippen LogP contribution in [0, 0.1) is 27.7 Å². The van der Waals surface area contributed by atoms with E-state index in [1.54, 1.807) is 36.7 Å². The number of aromatic nitrogens is 6. The van der Waals surface area contributed by atoms with E-state index >= 15 is 0 Å². The van der Waals surface area contributed by atoms with Crippen LogP contribution in [0.4, 0.5) is 23.0 Å². The third-order valence-corrected chi connectivity index (χ3v) is 11.9. The van der Waals surface area contributed by atoms with E-state index in [2.05, 4.69) is 51.2 Å². The highest BCUT2D eigenvalue weighted by Crippen LogP contribution is 2.32. The van der Waals surface area contributed by atoms with E-state index in [4.69, 9.17) is 28.4 Å². The Balaban J connectivity index is 0.779. The number of nitrogens with one attached hydrogen (secondary N) is 4. The number of carbonyl (C=O) groups is 4. The second-order valence-electron chi connectivity index (χ2n) is 17.9. The number of nitrogens with zero attached hydrogens (tertiary/aromatic N) is 6. The molecule has 0 saturated carbocycles. The van der Waals surface area contributed by atoms with Gasteiger partial charge in [-0.15, -0.1) is 0 Å². The van der Waals surface area contributed by atoms with Crippen LogP contribution < -0.4 is 30.7 Å². The van der Waals surface area contributed by atoms with Gasteiger partial charge in [0.1, 0.15) is 47.3 Å². The molecule has 4 heterocycles. The van der Waals surface area contributed by atoms with E-state index in [9.17, 15) is 29.4 Å². The zero-order chi connectivity index (χ0) is 56.7. The van der Waals surface area contributed by atoms with E-state index in [0.717, 1.165) is 70.0 Å². The monoisotopic (exact) mass is 1080 g/mol. The molecule has 4 unspecified atom stereocenters. The van der Waals surface area contributed by atoms with Gasteiger partial charge in [0.2, 0.25) is 0 Å². The number of methoxy groups -OCH3 is 2. The zero-order valence-electron chi connectivity index (χ0n) is 44.2. The molecule has 0 aliphatic rings. The molecule has 4 atom stereocenters. The van der Waals surface area contributed by atoms with Crippen molar-refractivity contribution >= 4 is 80.7 Å². The van der Waals surface area contributed by atoms with Crippen molar-refractivity contribution in [1.29, 1.82) is 0 Å². The Morgan fingerprint density at radius 2 is 0.950 bits per heavy atom. The van der Waals surface area contributed by atoms with Crippen molar-refractivity contribution in [2.45, 2.75) is 52.5 Å². The molecule has 0 spiro atoms. The van der Waals surface area contributed by atoms with Crippen molar-refractivity contribution < 1.29 is 57.8 Å². The Kier molecular flexibility index (Phi) is 18.7. The highest BCUT2D eigenvalue weighted by atomic mass is 16.7. The maximum Gasteiger partial charge on any atom is 0.341 e. The minimum atomic E-state index is -2.55. The smallest absolute Gasteiger partial charge is 0.341 e. The third kappa shape index (κ3) is 14.8. The summed E-state index contributed by atoms with van der Waals surface area (Å²) in [5.41, 5.74) is 7.95. The number of hydrogen-bond donors (Lipinski definition) is 6. The second-order valence-corrected chi connectivity index (χ2v) is 17.9. The van der Waals surface area contributed by atoms with Crippen LogP contribution in [0.5, 0.6) is 23.0 Å². The van der Waals surface area contributed by atoms with Crippen molar-refractivity contribution in [2.24, 2.45) is 0 Å². The van der Waals surface area contributed by atoms with Crippen molar-refractivity contribution in [3.05, 3.63) is 168 Å². The first kappa shape index (κ1) is 56.5. The summed E-state index contributed by atoms with van der Waals surface area (Å²) in [4.78, 5) is 77.7. The molecule has 0 aliphatic heterocycles. The summed E-state index contributed by atoms with van der Waals surface area (Å²) in [6, 6.07) is 29.8. The number of fused-ring (bicyclic) bond motifs is 2. The lowest BCUT2D eigenvalue weighted by atomic mass is 10.1. The van der Waals surface area contributed by atoms with Crippen LogP contribution in [0.3, 0.4) is 0 Å². The SMILES string of the molecule is COC(OC(=O)C(O)C(O)C(=O)OC(OC)C(=O)NC/C=C/c1ccc2ncnc(Nc3ccc(Oc4ccc(C)nc4)c(C)c3)c2c1)C(=O)NC/C=C/c1ccc2ncnc(Nc3ccc(Oc4ccc(C)nc4)c(C)c3)c2c1. The maximum atomic E-state index is 12.9. The van der Waals surface area contributed by atoms with E-state index in [0.29, 0.717) is 45.7 Å². The number of benzene rings is 4. The average molecular weight is 1090 g/mol. The van der Waals surface area contributed by atoms with Crippen LogP contribution in [0.25, 0.3) is 34.0 Å². The van der Waals surface area contributed by atoms with Gasteiger partial charge in [-0.3, -0.25) is 19.6 Å². The Morgan fingerprint density at radius 3 is 1.32 bits per heavy atom. The Hall–Kier alpha value is -9.74. The van der Waals surface area contributed by atoms with Gasteiger partial charge in [-0.1, -0.05) is 36.4 Å². The van der Waals surface area contributed by atoms with Crippen LogP contribution in [-0.2, 0) is 38.1 Å². The fourth-order valence-electron chi connectivity index (χ4n) is 7.70. The van der Waals surface area contributed by atoms with Crippen molar-refractivity contribution in [3.63, 3.8) is 0 Å². The van der Waals surface area contributed by atoms with Crippen LogP contribution in [-0.4, -0.2) is 116 Å². The minimum absolute atomic E-state index is 0.0515. The molecule has 22 nitrogen and oxygen atoms in total. The quantitative estimate of drug-likeness (QED) is 0.0269. The van der Waals surface area contributed by atoms with Crippen molar-refractivity contribution in [3.8, 4) is 23.0 Å². The highest BCUT2D eigenvalue weighted by molar-refractivity contribution is 5.94. The number of rotatable bonds is 23. The van der Waals surface area contributed by atoms with Crippen LogP contribution >= 0.6 is 0 Å². The number of carbonyl (C=O) groups excluding carboxylic acids is 4. The number of esters is 2. The molecule has 4 aromatic heterocycles. The standard InChI is InChI=1S/C58H56N10O12/c1-33-25-39(15-21-47(33)77-41-17-11-35(3)61-29-41)67-51-43-27-37(13-19-45(43)63-31-65-51)9-7-23-59-53(71)57(75-5)79-55(73)49(69)50(70)56(74)80-58(76-6)54(72)60-24-8-10-38-14-20-46-44(28-38)52(66-32-64-46)68-40-16-22-48(34(2)26-40)78-42-18-12-36(4)62-30-42/h7-22,25-32,49-50,57-58,69-70H,23-24H2,1-6H3,(H,59,71)(H,60,72)(H,63,65,67)(H,64,66,68)/b9-7+,10-8+. The lowest BCUT2D eigenvalue weighted by molar-refractivity contribution is -0.202. The van der Waals surface area contributed by atoms with E-state index in [-0.39, 0.29) is 13.1 Å². The van der Waals surface area contributed by atoms with E-state index in [1.165, 1.54) is 12.7 Å². The molecule has 8 aromatic rings. The van der Waals surface area contributed by atoms with Gasteiger partial charge in [-0.2, -0.15) is 0 Å². The molecule has 8 rings (SSSR count). The average Bonchev–Trinajstić information content (AvgIpc) is 3.50. The number of aliphatic hydroxyl groups excluding tert-OH is 2. The lowest BCUT2D eigenvalue weighted by Gasteiger charge is -2.21. The summed E-state index contributed by atoms with van der Waals surface area (Å²) in [6.07, 6.45) is 4.08. The molecule has 0 fully saturated rings. The topological polar surface area (TPSA) is 290 Å². The predicted octanol–water partition coefficient (Wildman–Crippen LogP) is 7.38. The Morgan fingerprint density at radius 1 is 0.525 bits per heavy atom. The molecule has 80 heavy (non-hydrogen) atoms. The molecule has 410 valence electrons. The maximum absolute atomic E-state index is 12.9. The van der Waals surface area contributed by atoms with Gasteiger partial charge in [-0.05, 0) is 135 Å². The van der Waals surface area contributed by atoms with Crippen LogP contribution in [0.15, 0.2) is 134 Å². The van der Waals surface area contributed by atoms with Crippen molar-refractivity contribution in [2.75, 3.05) is 37.9 Å². The molecule has 0 bridgehead atoms. The molecule has 2 amide bonds. The minimum Gasteiger partial charge on any atom is -0.455 e. The first-order chi connectivity index (χ1) is 38.6. The molecule has 22 heteroatoms. The summed E-state index contributed by atoms with van der Waals surface area (Å²) in [7, 11) is 2.12. The predicted molar refractivity (Wildman–Crippen MR) is 296 cm³/mol. The molecular weight excluding hydrogens is 1030 g/mol.